The van der Waals surface area contributed by atoms with Crippen molar-refractivity contribution in [3.63, 3.8) is 0 Å². The number of methoxy groups -OCH3 is 2. The SMILES string of the molecule is CCN(C(=O)C(=O)Nc1ccc(OC)c(OC)c1)C1CCS(=O)(=O)C1. The number of sulfone groups is 1. The van der Waals surface area contributed by atoms with E-state index in [1.807, 2.05) is 0 Å². The Bertz CT molecular complexity index is 762. The third-order valence-electron chi connectivity index (χ3n) is 4.09. The molecule has 0 bridgehead atoms. The second kappa shape index (κ2) is 7.73. The second-order valence-corrected chi connectivity index (χ2v) is 7.90. The number of amides is 2. The van der Waals surface area contributed by atoms with Crippen LogP contribution in [0.5, 0.6) is 11.5 Å². The Labute approximate surface area is 147 Å². The van der Waals surface area contributed by atoms with Crippen LogP contribution in [0.4, 0.5) is 5.69 Å². The summed E-state index contributed by atoms with van der Waals surface area (Å²) >= 11 is 0. The molecular weight excluding hydrogens is 348 g/mol. The van der Waals surface area contributed by atoms with E-state index in [1.165, 1.54) is 19.1 Å². The molecule has 0 aromatic heterocycles. The molecule has 25 heavy (non-hydrogen) atoms. The fourth-order valence-corrected chi connectivity index (χ4v) is 4.55. The molecule has 1 aliphatic heterocycles. The van der Waals surface area contributed by atoms with E-state index in [1.54, 1.807) is 25.1 Å². The predicted octanol–water partition coefficient (Wildman–Crippen LogP) is 0.678. The van der Waals surface area contributed by atoms with E-state index < -0.39 is 27.7 Å². The van der Waals surface area contributed by atoms with Crippen molar-refractivity contribution in [2.24, 2.45) is 0 Å². The standard InChI is InChI=1S/C16H22N2O6S/c1-4-18(12-7-8-25(21,22)10-12)16(20)15(19)17-11-5-6-13(23-2)14(9-11)24-3/h5-6,9,12H,4,7-8,10H2,1-3H3,(H,17,19). The molecule has 8 nitrogen and oxygen atoms in total. The molecule has 0 saturated carbocycles. The molecule has 1 unspecified atom stereocenters. The van der Waals surface area contributed by atoms with Gasteiger partial charge in [0.1, 0.15) is 0 Å². The highest BCUT2D eigenvalue weighted by atomic mass is 32.2. The fourth-order valence-electron chi connectivity index (χ4n) is 2.82. The number of anilines is 1. The number of carbonyl (C=O) groups is 2. The van der Waals surface area contributed by atoms with E-state index >= 15 is 0 Å². The summed E-state index contributed by atoms with van der Waals surface area (Å²) in [6.07, 6.45) is 0.353. The number of benzene rings is 1. The molecule has 138 valence electrons. The molecule has 1 aromatic rings. The molecule has 2 amide bonds. The van der Waals surface area contributed by atoms with E-state index in [0.29, 0.717) is 23.6 Å². The van der Waals surface area contributed by atoms with Crippen molar-refractivity contribution in [3.8, 4) is 11.5 Å². The summed E-state index contributed by atoms with van der Waals surface area (Å²) < 4.78 is 33.5. The highest BCUT2D eigenvalue weighted by molar-refractivity contribution is 7.91. The van der Waals surface area contributed by atoms with Gasteiger partial charge in [-0.15, -0.1) is 0 Å². The van der Waals surface area contributed by atoms with Gasteiger partial charge in [0, 0.05) is 24.3 Å². The van der Waals surface area contributed by atoms with E-state index in [4.69, 9.17) is 9.47 Å². The fraction of sp³-hybridized carbons (Fsp3) is 0.500. The van der Waals surface area contributed by atoms with Gasteiger partial charge in [-0.05, 0) is 25.5 Å². The molecule has 1 aromatic carbocycles. The first-order valence-corrected chi connectivity index (χ1v) is 9.67. The highest BCUT2D eigenvalue weighted by Crippen LogP contribution is 2.29. The number of hydrogen-bond donors (Lipinski definition) is 1. The van der Waals surface area contributed by atoms with Crippen LogP contribution in [0.15, 0.2) is 18.2 Å². The maximum atomic E-state index is 12.4. The predicted molar refractivity (Wildman–Crippen MR) is 92.6 cm³/mol. The lowest BCUT2D eigenvalue weighted by Crippen LogP contribution is -2.46. The lowest BCUT2D eigenvalue weighted by atomic mass is 10.2. The molecular formula is C16H22N2O6S. The highest BCUT2D eigenvalue weighted by Gasteiger charge is 2.36. The number of nitrogens with one attached hydrogen (secondary N) is 1. The number of rotatable bonds is 5. The first-order chi connectivity index (χ1) is 11.8. The molecule has 9 heteroatoms. The van der Waals surface area contributed by atoms with Gasteiger partial charge in [0.2, 0.25) is 0 Å². The average molecular weight is 370 g/mol. The molecule has 1 aliphatic rings. The van der Waals surface area contributed by atoms with Gasteiger partial charge in [0.15, 0.2) is 21.3 Å². The van der Waals surface area contributed by atoms with Crippen molar-refractivity contribution in [2.45, 2.75) is 19.4 Å². The third kappa shape index (κ3) is 4.41. The van der Waals surface area contributed by atoms with E-state index in [-0.39, 0.29) is 18.1 Å². The van der Waals surface area contributed by atoms with Crippen molar-refractivity contribution in [2.75, 3.05) is 37.6 Å². The third-order valence-corrected chi connectivity index (χ3v) is 5.84. The van der Waals surface area contributed by atoms with Crippen LogP contribution < -0.4 is 14.8 Å². The van der Waals surface area contributed by atoms with Gasteiger partial charge < -0.3 is 19.7 Å². The number of hydrogen-bond acceptors (Lipinski definition) is 6. The zero-order valence-electron chi connectivity index (χ0n) is 14.4. The minimum atomic E-state index is -3.14. The zero-order valence-corrected chi connectivity index (χ0v) is 15.3. The van der Waals surface area contributed by atoms with Crippen LogP contribution in [0.2, 0.25) is 0 Å². The van der Waals surface area contributed by atoms with Gasteiger partial charge in [-0.1, -0.05) is 0 Å². The first kappa shape index (κ1) is 19.0. The second-order valence-electron chi connectivity index (χ2n) is 5.67. The van der Waals surface area contributed by atoms with E-state index in [2.05, 4.69) is 5.32 Å². The lowest BCUT2D eigenvalue weighted by Gasteiger charge is -2.26. The summed E-state index contributed by atoms with van der Waals surface area (Å²) in [6.45, 7) is 1.98. The minimum Gasteiger partial charge on any atom is -0.493 e. The topological polar surface area (TPSA) is 102 Å². The van der Waals surface area contributed by atoms with Crippen molar-refractivity contribution >= 4 is 27.3 Å². The molecule has 1 N–H and O–H groups in total. The summed E-state index contributed by atoms with van der Waals surface area (Å²) in [6, 6.07) is 4.28. The largest absolute Gasteiger partial charge is 0.493 e. The lowest BCUT2D eigenvalue weighted by molar-refractivity contribution is -0.144. The van der Waals surface area contributed by atoms with Crippen LogP contribution in [-0.4, -0.2) is 63.4 Å². The Morgan fingerprint density at radius 3 is 2.44 bits per heavy atom. The van der Waals surface area contributed by atoms with Gasteiger partial charge in [-0.25, -0.2) is 8.42 Å². The summed E-state index contributed by atoms with van der Waals surface area (Å²) in [5.41, 5.74) is 0.381. The normalized spacial score (nSPS) is 18.4. The van der Waals surface area contributed by atoms with Gasteiger partial charge in [-0.2, -0.15) is 0 Å². The number of ether oxygens (including phenoxy) is 2. The smallest absolute Gasteiger partial charge is 0.313 e. The van der Waals surface area contributed by atoms with Crippen molar-refractivity contribution in [1.82, 2.24) is 4.90 Å². The molecule has 0 radical (unpaired) electrons. The van der Waals surface area contributed by atoms with Crippen LogP contribution >= 0.6 is 0 Å². The molecule has 0 aliphatic carbocycles. The van der Waals surface area contributed by atoms with Crippen LogP contribution in [0.3, 0.4) is 0 Å². The molecule has 2 rings (SSSR count). The summed E-state index contributed by atoms with van der Waals surface area (Å²) in [5.74, 6) is -0.715. The maximum absolute atomic E-state index is 12.4. The van der Waals surface area contributed by atoms with Crippen LogP contribution in [-0.2, 0) is 19.4 Å². The first-order valence-electron chi connectivity index (χ1n) is 7.85. The zero-order chi connectivity index (χ0) is 18.6. The van der Waals surface area contributed by atoms with Crippen LogP contribution in [0.1, 0.15) is 13.3 Å². The summed E-state index contributed by atoms with van der Waals surface area (Å²) in [4.78, 5) is 26.0. The van der Waals surface area contributed by atoms with Gasteiger partial charge in [-0.3, -0.25) is 9.59 Å². The minimum absolute atomic E-state index is 0.0404. The quantitative estimate of drug-likeness (QED) is 0.765. The van der Waals surface area contributed by atoms with Crippen LogP contribution in [0.25, 0.3) is 0 Å². The van der Waals surface area contributed by atoms with Gasteiger partial charge in [0.25, 0.3) is 0 Å². The molecule has 1 fully saturated rings. The monoisotopic (exact) mass is 370 g/mol. The molecule has 0 spiro atoms. The Morgan fingerprint density at radius 2 is 1.92 bits per heavy atom. The molecule has 1 saturated heterocycles. The van der Waals surface area contributed by atoms with Crippen molar-refractivity contribution in [3.05, 3.63) is 18.2 Å². The van der Waals surface area contributed by atoms with Crippen LogP contribution in [0, 0.1) is 0 Å². The summed E-state index contributed by atoms with van der Waals surface area (Å²) in [7, 11) is -0.181. The Balaban J connectivity index is 2.10. The van der Waals surface area contributed by atoms with Crippen molar-refractivity contribution in [1.29, 1.82) is 0 Å². The number of likely N-dealkylation sites (N-methyl/N-ethyl adjacent to an activating group) is 1. The summed E-state index contributed by atoms with van der Waals surface area (Å²) in [5, 5.41) is 2.51. The van der Waals surface area contributed by atoms with E-state index in [0.717, 1.165) is 0 Å². The Morgan fingerprint density at radius 1 is 1.24 bits per heavy atom. The van der Waals surface area contributed by atoms with E-state index in [9.17, 15) is 18.0 Å². The molecule has 1 heterocycles. The Hall–Kier alpha value is -2.29. The average Bonchev–Trinajstić information content (AvgIpc) is 2.94. The van der Waals surface area contributed by atoms with Crippen molar-refractivity contribution < 1.29 is 27.5 Å². The van der Waals surface area contributed by atoms with Gasteiger partial charge >= 0.3 is 11.8 Å². The Kier molecular flexibility index (Phi) is 5.89. The number of nitrogens with zero attached hydrogens (tertiary/aromatic N) is 1. The molecule has 1 atom stereocenters. The van der Waals surface area contributed by atoms with Gasteiger partial charge in [0.05, 0.1) is 25.7 Å². The number of carbonyl (C=O) groups excluding carboxylic acids is 2. The maximum Gasteiger partial charge on any atom is 0.313 e.